The fraction of sp³-hybridized carbons (Fsp3) is 0.500. The second kappa shape index (κ2) is 8.37. The molecule has 2 aromatic rings. The van der Waals surface area contributed by atoms with Crippen molar-refractivity contribution in [3.8, 4) is 0 Å². The Labute approximate surface area is 170 Å². The molecule has 1 amide bonds. The lowest BCUT2D eigenvalue weighted by Crippen LogP contribution is -2.39. The van der Waals surface area contributed by atoms with E-state index in [1.807, 2.05) is 28.9 Å². The van der Waals surface area contributed by atoms with Crippen molar-refractivity contribution in [3.05, 3.63) is 50.9 Å². The number of aryl methyl sites for hydroxylation is 3. The molecule has 7 heteroatoms. The highest BCUT2D eigenvalue weighted by atomic mass is 16.5. The first-order valence-corrected chi connectivity index (χ1v) is 10.4. The molecule has 2 aliphatic heterocycles. The third-order valence-corrected chi connectivity index (χ3v) is 5.76. The largest absolute Gasteiger partial charge is 0.378 e. The summed E-state index contributed by atoms with van der Waals surface area (Å²) < 4.78 is 5.36. The van der Waals surface area contributed by atoms with E-state index in [1.54, 1.807) is 0 Å². The normalized spacial score (nSPS) is 16.6. The highest BCUT2D eigenvalue weighted by Crippen LogP contribution is 2.28. The molecule has 1 fully saturated rings. The molecule has 7 nitrogen and oxygen atoms in total. The van der Waals surface area contributed by atoms with Crippen LogP contribution in [0, 0.1) is 13.8 Å². The molecular formula is C22H28N4O3. The van der Waals surface area contributed by atoms with Gasteiger partial charge in [-0.15, -0.1) is 0 Å². The molecule has 0 unspecified atom stereocenters. The molecule has 2 aliphatic rings. The predicted octanol–water partition coefficient (Wildman–Crippen LogP) is 2.14. The first kappa shape index (κ1) is 19.6. The number of aromatic nitrogens is 2. The number of hydrogen-bond donors (Lipinski definition) is 1. The minimum absolute atomic E-state index is 0.0610. The lowest BCUT2D eigenvalue weighted by Gasteiger charge is -2.30. The summed E-state index contributed by atoms with van der Waals surface area (Å²) in [4.78, 5) is 37.0. The first-order valence-electron chi connectivity index (χ1n) is 10.4. The molecule has 1 N–H and O–H groups in total. The molecule has 1 saturated heterocycles. The number of morpholine rings is 1. The number of anilines is 2. The van der Waals surface area contributed by atoms with Gasteiger partial charge in [0.25, 0.3) is 5.56 Å². The van der Waals surface area contributed by atoms with Crippen molar-refractivity contribution in [2.45, 2.75) is 39.5 Å². The van der Waals surface area contributed by atoms with Gasteiger partial charge >= 0.3 is 0 Å². The van der Waals surface area contributed by atoms with Crippen LogP contribution in [0.25, 0.3) is 0 Å². The summed E-state index contributed by atoms with van der Waals surface area (Å²) in [5, 5.41) is 0. The van der Waals surface area contributed by atoms with Gasteiger partial charge in [0.05, 0.1) is 13.2 Å². The molecule has 0 bridgehead atoms. The molecule has 3 heterocycles. The minimum atomic E-state index is -0.151. The Hall–Kier alpha value is -2.67. The van der Waals surface area contributed by atoms with Gasteiger partial charge in [0.15, 0.2) is 0 Å². The quantitative estimate of drug-likeness (QED) is 0.857. The van der Waals surface area contributed by atoms with Gasteiger partial charge in [0.1, 0.15) is 0 Å². The van der Waals surface area contributed by atoms with Crippen molar-refractivity contribution in [3.63, 3.8) is 0 Å². The van der Waals surface area contributed by atoms with E-state index in [9.17, 15) is 9.59 Å². The van der Waals surface area contributed by atoms with Crippen molar-refractivity contribution >= 4 is 17.5 Å². The smallest absolute Gasteiger partial charge is 0.255 e. The van der Waals surface area contributed by atoms with Crippen LogP contribution >= 0.6 is 0 Å². The number of ether oxygens (including phenoxy) is 1. The average molecular weight is 396 g/mol. The van der Waals surface area contributed by atoms with Crippen LogP contribution in [-0.4, -0.2) is 48.7 Å². The summed E-state index contributed by atoms with van der Waals surface area (Å²) in [7, 11) is 0. The van der Waals surface area contributed by atoms with Crippen LogP contribution < -0.4 is 15.4 Å². The van der Waals surface area contributed by atoms with Crippen LogP contribution in [0.1, 0.15) is 35.2 Å². The molecule has 0 aliphatic carbocycles. The van der Waals surface area contributed by atoms with Gasteiger partial charge < -0.3 is 14.5 Å². The topological polar surface area (TPSA) is 78.5 Å². The second-order valence-corrected chi connectivity index (χ2v) is 7.83. The lowest BCUT2D eigenvalue weighted by atomic mass is 9.99. The van der Waals surface area contributed by atoms with Crippen LogP contribution in [-0.2, 0) is 22.4 Å². The van der Waals surface area contributed by atoms with Crippen LogP contribution in [0.5, 0.6) is 0 Å². The summed E-state index contributed by atoms with van der Waals surface area (Å²) in [5.74, 6) is 0.650. The Morgan fingerprint density at radius 3 is 2.76 bits per heavy atom. The van der Waals surface area contributed by atoms with Gasteiger partial charge in [-0.2, -0.15) is 0 Å². The SMILES string of the molecule is Cc1ccc2c(c1)CCCN2C(=O)CCc1c(C)nc(N2CCOCC2)[nH]c1=O. The Morgan fingerprint density at radius 2 is 2.00 bits per heavy atom. The molecule has 0 spiro atoms. The van der Waals surface area contributed by atoms with Crippen molar-refractivity contribution in [2.24, 2.45) is 0 Å². The monoisotopic (exact) mass is 396 g/mol. The Kier molecular flexibility index (Phi) is 5.67. The van der Waals surface area contributed by atoms with Crippen LogP contribution in [0.4, 0.5) is 11.6 Å². The second-order valence-electron chi connectivity index (χ2n) is 7.83. The summed E-state index contributed by atoms with van der Waals surface area (Å²) in [5.41, 5.74) is 4.59. The van der Waals surface area contributed by atoms with Gasteiger partial charge in [-0.1, -0.05) is 17.7 Å². The van der Waals surface area contributed by atoms with Gasteiger partial charge in [-0.05, 0) is 44.7 Å². The van der Waals surface area contributed by atoms with Gasteiger partial charge in [-0.3, -0.25) is 14.6 Å². The van der Waals surface area contributed by atoms with Crippen molar-refractivity contribution in [1.29, 1.82) is 0 Å². The number of nitrogens with zero attached hydrogens (tertiary/aromatic N) is 3. The minimum Gasteiger partial charge on any atom is -0.378 e. The van der Waals surface area contributed by atoms with E-state index in [0.717, 1.165) is 25.1 Å². The maximum absolute atomic E-state index is 12.9. The van der Waals surface area contributed by atoms with Crippen molar-refractivity contribution in [2.75, 3.05) is 42.6 Å². The van der Waals surface area contributed by atoms with E-state index in [2.05, 4.69) is 23.0 Å². The predicted molar refractivity (Wildman–Crippen MR) is 113 cm³/mol. The van der Waals surface area contributed by atoms with Gasteiger partial charge in [-0.25, -0.2) is 4.98 Å². The van der Waals surface area contributed by atoms with Crippen molar-refractivity contribution < 1.29 is 9.53 Å². The molecular weight excluding hydrogens is 368 g/mol. The molecule has 0 radical (unpaired) electrons. The number of hydrogen-bond acceptors (Lipinski definition) is 5. The number of fused-ring (bicyclic) bond motifs is 1. The average Bonchev–Trinajstić information content (AvgIpc) is 2.72. The number of nitrogens with one attached hydrogen (secondary N) is 1. The van der Waals surface area contributed by atoms with E-state index in [0.29, 0.717) is 56.4 Å². The number of aromatic amines is 1. The Bertz CT molecular complexity index is 963. The molecule has 4 rings (SSSR count). The standard InChI is InChI=1S/C22H28N4O3/c1-15-5-7-19-17(14-15)4-3-9-26(19)20(27)8-6-18-16(2)23-22(24-21(18)28)25-10-12-29-13-11-25/h5,7,14H,3-4,6,8-13H2,1-2H3,(H,23,24,28). The maximum Gasteiger partial charge on any atom is 0.255 e. The molecule has 154 valence electrons. The summed E-state index contributed by atoms with van der Waals surface area (Å²) >= 11 is 0. The van der Waals surface area contributed by atoms with E-state index in [1.165, 1.54) is 11.1 Å². The third-order valence-electron chi connectivity index (χ3n) is 5.76. The fourth-order valence-corrected chi connectivity index (χ4v) is 4.17. The van der Waals surface area contributed by atoms with Crippen molar-refractivity contribution in [1.82, 2.24) is 9.97 Å². The molecule has 29 heavy (non-hydrogen) atoms. The molecule has 0 saturated carbocycles. The van der Waals surface area contributed by atoms with Gasteiger partial charge in [0, 0.05) is 43.0 Å². The van der Waals surface area contributed by atoms with Gasteiger partial charge in [0.2, 0.25) is 11.9 Å². The number of carbonyl (C=O) groups excluding carboxylic acids is 1. The zero-order chi connectivity index (χ0) is 20.4. The fourth-order valence-electron chi connectivity index (χ4n) is 4.17. The van der Waals surface area contributed by atoms with E-state index < -0.39 is 0 Å². The molecule has 0 atom stereocenters. The first-order chi connectivity index (χ1) is 14.0. The van der Waals surface area contributed by atoms with E-state index >= 15 is 0 Å². The summed E-state index contributed by atoms with van der Waals surface area (Å²) in [6, 6.07) is 6.25. The highest BCUT2D eigenvalue weighted by molar-refractivity contribution is 5.94. The Morgan fingerprint density at radius 1 is 1.21 bits per heavy atom. The summed E-state index contributed by atoms with van der Waals surface area (Å²) in [6.07, 6.45) is 2.67. The number of rotatable bonds is 4. The highest BCUT2D eigenvalue weighted by Gasteiger charge is 2.23. The summed E-state index contributed by atoms with van der Waals surface area (Å²) in [6.45, 7) is 7.36. The van der Waals surface area contributed by atoms with Crippen LogP contribution in [0.3, 0.4) is 0 Å². The number of carbonyl (C=O) groups is 1. The number of benzene rings is 1. The number of amides is 1. The zero-order valence-corrected chi connectivity index (χ0v) is 17.2. The third kappa shape index (κ3) is 4.19. The Balaban J connectivity index is 1.47. The zero-order valence-electron chi connectivity index (χ0n) is 17.2. The number of H-pyrrole nitrogens is 1. The van der Waals surface area contributed by atoms with E-state index in [-0.39, 0.29) is 11.5 Å². The lowest BCUT2D eigenvalue weighted by molar-refractivity contribution is -0.118. The van der Waals surface area contributed by atoms with E-state index in [4.69, 9.17) is 4.74 Å². The van der Waals surface area contributed by atoms with Crippen LogP contribution in [0.15, 0.2) is 23.0 Å². The molecule has 1 aromatic heterocycles. The molecule has 1 aromatic carbocycles. The maximum atomic E-state index is 12.9. The van der Waals surface area contributed by atoms with Crippen LogP contribution in [0.2, 0.25) is 0 Å².